The number of amides is 2. The molecule has 1 fully saturated rings. The van der Waals surface area contributed by atoms with Gasteiger partial charge in [-0.2, -0.15) is 5.26 Å². The van der Waals surface area contributed by atoms with Gasteiger partial charge in [-0.3, -0.25) is 14.5 Å². The summed E-state index contributed by atoms with van der Waals surface area (Å²) < 4.78 is 0. The predicted octanol–water partition coefficient (Wildman–Crippen LogP) is 1.31. The van der Waals surface area contributed by atoms with E-state index in [1.807, 2.05) is 23.6 Å². The minimum atomic E-state index is -0.00855. The van der Waals surface area contributed by atoms with Gasteiger partial charge in [0, 0.05) is 32.7 Å². The van der Waals surface area contributed by atoms with Gasteiger partial charge >= 0.3 is 0 Å². The van der Waals surface area contributed by atoms with Crippen molar-refractivity contribution in [3.63, 3.8) is 0 Å². The SMILES string of the molecule is CN(CCC#N)C(=O)CN1CCC(NC(=O)c2cccs2)CC1. The molecule has 0 unspecified atom stereocenters. The predicted molar refractivity (Wildman–Crippen MR) is 89.1 cm³/mol. The zero-order valence-corrected chi connectivity index (χ0v) is 14.1. The number of hydrogen-bond donors (Lipinski definition) is 1. The van der Waals surface area contributed by atoms with Crippen LogP contribution in [-0.2, 0) is 4.79 Å². The van der Waals surface area contributed by atoms with E-state index >= 15 is 0 Å². The number of nitriles is 1. The fraction of sp³-hybridized carbons (Fsp3) is 0.562. The highest BCUT2D eigenvalue weighted by molar-refractivity contribution is 7.12. The van der Waals surface area contributed by atoms with Crippen LogP contribution in [0.4, 0.5) is 0 Å². The molecule has 0 radical (unpaired) electrons. The number of piperidine rings is 1. The van der Waals surface area contributed by atoms with Crippen molar-refractivity contribution in [1.29, 1.82) is 5.26 Å². The number of nitrogens with zero attached hydrogens (tertiary/aromatic N) is 3. The van der Waals surface area contributed by atoms with Crippen LogP contribution in [0.15, 0.2) is 17.5 Å². The Morgan fingerprint density at radius 2 is 2.22 bits per heavy atom. The highest BCUT2D eigenvalue weighted by Gasteiger charge is 2.23. The summed E-state index contributed by atoms with van der Waals surface area (Å²) in [6.07, 6.45) is 2.07. The lowest BCUT2D eigenvalue weighted by atomic mass is 10.0. The Bertz CT molecular complexity index is 559. The minimum absolute atomic E-state index is 0.00855. The van der Waals surface area contributed by atoms with Crippen molar-refractivity contribution in [1.82, 2.24) is 15.1 Å². The molecule has 0 aromatic carbocycles. The van der Waals surface area contributed by atoms with E-state index in [0.717, 1.165) is 30.8 Å². The molecule has 2 rings (SSSR count). The molecular weight excluding hydrogens is 312 g/mol. The number of likely N-dealkylation sites (tertiary alicyclic amines) is 1. The van der Waals surface area contributed by atoms with E-state index in [0.29, 0.717) is 19.5 Å². The molecule has 2 amide bonds. The van der Waals surface area contributed by atoms with Crippen molar-refractivity contribution in [2.45, 2.75) is 25.3 Å². The molecule has 1 saturated heterocycles. The molecule has 1 N–H and O–H groups in total. The summed E-state index contributed by atoms with van der Waals surface area (Å²) >= 11 is 1.44. The highest BCUT2D eigenvalue weighted by atomic mass is 32.1. The van der Waals surface area contributed by atoms with E-state index in [-0.39, 0.29) is 17.9 Å². The summed E-state index contributed by atoms with van der Waals surface area (Å²) in [5.74, 6) is 0.0343. The molecule has 0 spiro atoms. The highest BCUT2D eigenvalue weighted by Crippen LogP contribution is 2.13. The Balaban J connectivity index is 1.70. The van der Waals surface area contributed by atoms with Crippen LogP contribution < -0.4 is 5.32 Å². The maximum Gasteiger partial charge on any atom is 0.261 e. The van der Waals surface area contributed by atoms with Crippen LogP contribution in [0.3, 0.4) is 0 Å². The molecule has 1 aliphatic heterocycles. The van der Waals surface area contributed by atoms with Gasteiger partial charge in [0.1, 0.15) is 0 Å². The normalized spacial score (nSPS) is 15.8. The van der Waals surface area contributed by atoms with Gasteiger partial charge in [0.15, 0.2) is 0 Å². The number of likely N-dealkylation sites (N-methyl/N-ethyl adjacent to an activating group) is 1. The topological polar surface area (TPSA) is 76.4 Å². The number of nitrogens with one attached hydrogen (secondary N) is 1. The van der Waals surface area contributed by atoms with Crippen LogP contribution in [0, 0.1) is 11.3 Å². The maximum absolute atomic E-state index is 12.0. The molecule has 1 aromatic heterocycles. The van der Waals surface area contributed by atoms with Gasteiger partial charge in [0.25, 0.3) is 5.91 Å². The molecule has 0 bridgehead atoms. The Morgan fingerprint density at radius 1 is 1.48 bits per heavy atom. The first-order valence-electron chi connectivity index (χ1n) is 7.78. The standard InChI is InChI=1S/C16H22N4O2S/c1-19(8-3-7-17)15(21)12-20-9-5-13(6-10-20)18-16(22)14-4-2-11-23-14/h2,4,11,13H,3,5-6,8-10,12H2,1H3,(H,18,22). The van der Waals surface area contributed by atoms with Crippen LogP contribution >= 0.6 is 11.3 Å². The molecule has 0 saturated carbocycles. The minimum Gasteiger partial charge on any atom is -0.349 e. The molecular formula is C16H22N4O2S. The van der Waals surface area contributed by atoms with Gasteiger partial charge in [0.2, 0.25) is 5.91 Å². The lowest BCUT2D eigenvalue weighted by Crippen LogP contribution is -2.47. The van der Waals surface area contributed by atoms with Crippen molar-refractivity contribution < 1.29 is 9.59 Å². The molecule has 7 heteroatoms. The number of carbonyl (C=O) groups is 2. The fourth-order valence-electron chi connectivity index (χ4n) is 2.55. The monoisotopic (exact) mass is 334 g/mol. The third-order valence-electron chi connectivity index (χ3n) is 4.01. The zero-order chi connectivity index (χ0) is 16.7. The average Bonchev–Trinajstić information content (AvgIpc) is 3.09. The van der Waals surface area contributed by atoms with E-state index in [2.05, 4.69) is 10.2 Å². The molecule has 6 nitrogen and oxygen atoms in total. The Kier molecular flexibility index (Phi) is 6.56. The van der Waals surface area contributed by atoms with Crippen LogP contribution in [0.5, 0.6) is 0 Å². The lowest BCUT2D eigenvalue weighted by molar-refractivity contribution is -0.131. The Morgan fingerprint density at radius 3 is 2.83 bits per heavy atom. The number of thiophene rings is 1. The van der Waals surface area contributed by atoms with Gasteiger partial charge < -0.3 is 10.2 Å². The van der Waals surface area contributed by atoms with Crippen molar-refractivity contribution >= 4 is 23.2 Å². The maximum atomic E-state index is 12.0. The molecule has 124 valence electrons. The van der Waals surface area contributed by atoms with E-state index in [9.17, 15) is 9.59 Å². The van der Waals surface area contributed by atoms with Crippen LogP contribution in [0.1, 0.15) is 28.9 Å². The van der Waals surface area contributed by atoms with Crippen molar-refractivity contribution in [2.75, 3.05) is 33.2 Å². The van der Waals surface area contributed by atoms with Crippen molar-refractivity contribution in [2.24, 2.45) is 0 Å². The fourth-order valence-corrected chi connectivity index (χ4v) is 3.18. The summed E-state index contributed by atoms with van der Waals surface area (Å²) in [6, 6.07) is 5.92. The lowest BCUT2D eigenvalue weighted by Gasteiger charge is -2.32. The second-order valence-electron chi connectivity index (χ2n) is 5.72. The smallest absolute Gasteiger partial charge is 0.261 e. The number of rotatable bonds is 6. The summed E-state index contributed by atoms with van der Waals surface area (Å²) in [5.41, 5.74) is 0. The summed E-state index contributed by atoms with van der Waals surface area (Å²) in [4.78, 5) is 28.5. The second-order valence-corrected chi connectivity index (χ2v) is 6.67. The molecule has 0 atom stereocenters. The van der Waals surface area contributed by atoms with Gasteiger partial charge in [-0.15, -0.1) is 11.3 Å². The third-order valence-corrected chi connectivity index (χ3v) is 4.88. The summed E-state index contributed by atoms with van der Waals surface area (Å²) in [7, 11) is 1.73. The first kappa shape index (κ1) is 17.4. The van der Waals surface area contributed by atoms with Gasteiger partial charge in [-0.05, 0) is 24.3 Å². The first-order valence-corrected chi connectivity index (χ1v) is 8.65. The van der Waals surface area contributed by atoms with Crippen molar-refractivity contribution in [3.8, 4) is 6.07 Å². The van der Waals surface area contributed by atoms with Crippen LogP contribution in [0.2, 0.25) is 0 Å². The molecule has 1 aromatic rings. The van der Waals surface area contributed by atoms with E-state index in [1.54, 1.807) is 11.9 Å². The third kappa shape index (κ3) is 5.34. The Labute approximate surface area is 140 Å². The molecule has 2 heterocycles. The van der Waals surface area contributed by atoms with E-state index in [1.165, 1.54) is 11.3 Å². The van der Waals surface area contributed by atoms with Gasteiger partial charge in [-0.1, -0.05) is 6.07 Å². The molecule has 1 aliphatic rings. The number of hydrogen-bond acceptors (Lipinski definition) is 5. The largest absolute Gasteiger partial charge is 0.349 e. The van der Waals surface area contributed by atoms with Crippen LogP contribution in [-0.4, -0.2) is 60.9 Å². The van der Waals surface area contributed by atoms with Gasteiger partial charge in [-0.25, -0.2) is 0 Å². The van der Waals surface area contributed by atoms with E-state index in [4.69, 9.17) is 5.26 Å². The summed E-state index contributed by atoms with van der Waals surface area (Å²) in [6.45, 7) is 2.45. The number of carbonyl (C=O) groups excluding carboxylic acids is 2. The summed E-state index contributed by atoms with van der Waals surface area (Å²) in [5, 5.41) is 13.5. The van der Waals surface area contributed by atoms with Crippen molar-refractivity contribution in [3.05, 3.63) is 22.4 Å². The molecule has 0 aliphatic carbocycles. The zero-order valence-electron chi connectivity index (χ0n) is 13.3. The molecule has 23 heavy (non-hydrogen) atoms. The van der Waals surface area contributed by atoms with E-state index < -0.39 is 0 Å². The average molecular weight is 334 g/mol. The van der Waals surface area contributed by atoms with Gasteiger partial charge in [0.05, 0.1) is 23.9 Å². The quantitative estimate of drug-likeness (QED) is 0.851. The van der Waals surface area contributed by atoms with Crippen LogP contribution in [0.25, 0.3) is 0 Å². The Hall–Kier alpha value is -1.91. The first-order chi connectivity index (χ1) is 11.1. The second kappa shape index (κ2) is 8.65.